The number of alkyl halides is 1. The fraction of sp³-hybridized carbons (Fsp3) is 1.00. The van der Waals surface area contributed by atoms with Gasteiger partial charge in [-0.15, -0.1) is 0 Å². The number of hydrogen-bond acceptors (Lipinski definition) is 2. The van der Waals surface area contributed by atoms with Crippen LogP contribution < -0.4 is 5.32 Å². The lowest BCUT2D eigenvalue weighted by Gasteiger charge is -2.11. The molecule has 1 atom stereocenters. The molecule has 0 aromatic heterocycles. The van der Waals surface area contributed by atoms with Gasteiger partial charge in [0.15, 0.2) is 0 Å². The summed E-state index contributed by atoms with van der Waals surface area (Å²) in [6.07, 6.45) is 2.69. The van der Waals surface area contributed by atoms with E-state index in [1.54, 1.807) is 0 Å². The van der Waals surface area contributed by atoms with Gasteiger partial charge in [0.25, 0.3) is 0 Å². The minimum absolute atomic E-state index is 0.408. The van der Waals surface area contributed by atoms with Gasteiger partial charge < -0.3 is 10.1 Å². The Bertz CT molecular complexity index is 80.5. The first-order valence-electron chi connectivity index (χ1n) is 4.13. The third-order valence-electron chi connectivity index (χ3n) is 1.48. The molecule has 0 aliphatic rings. The number of nitrogens with one attached hydrogen (secondary N) is 1. The maximum atomic E-state index is 5.54. The molecule has 0 aromatic carbocycles. The van der Waals surface area contributed by atoms with Crippen LogP contribution in [0.5, 0.6) is 0 Å². The third-order valence-corrected chi connectivity index (χ3v) is 2.24. The first kappa shape index (κ1) is 11.6. The first-order chi connectivity index (χ1) is 5.31. The maximum Gasteiger partial charge on any atom is 0.0559 e. The molecular weight excluding hydrogens is 253 g/mol. The second-order valence-corrected chi connectivity index (χ2v) is 3.69. The van der Waals surface area contributed by atoms with E-state index < -0.39 is 0 Å². The highest BCUT2D eigenvalue weighted by Crippen LogP contribution is 1.98. The van der Waals surface area contributed by atoms with Gasteiger partial charge >= 0.3 is 0 Å². The number of ether oxygens (including phenoxy) is 1. The molecule has 0 rings (SSSR count). The molecule has 0 amide bonds. The van der Waals surface area contributed by atoms with Gasteiger partial charge in [0.2, 0.25) is 0 Å². The lowest BCUT2D eigenvalue weighted by Crippen LogP contribution is -2.17. The highest BCUT2D eigenvalue weighted by Gasteiger charge is 1.99. The molecule has 0 saturated carbocycles. The monoisotopic (exact) mass is 271 g/mol. The van der Waals surface area contributed by atoms with Crippen molar-refractivity contribution in [3.63, 3.8) is 0 Å². The topological polar surface area (TPSA) is 21.3 Å². The molecule has 0 fully saturated rings. The molecule has 1 N–H and O–H groups in total. The molecule has 0 heterocycles. The van der Waals surface area contributed by atoms with Crippen LogP contribution in [0.1, 0.15) is 19.8 Å². The van der Waals surface area contributed by atoms with Gasteiger partial charge in [0.1, 0.15) is 0 Å². The van der Waals surface area contributed by atoms with E-state index in [2.05, 4.69) is 34.8 Å². The molecule has 0 saturated heterocycles. The van der Waals surface area contributed by atoms with Gasteiger partial charge in [-0.05, 0) is 33.4 Å². The fourth-order valence-corrected chi connectivity index (χ4v) is 1.08. The Hall–Kier alpha value is 0.650. The summed E-state index contributed by atoms with van der Waals surface area (Å²) in [5.41, 5.74) is 0. The van der Waals surface area contributed by atoms with Crippen molar-refractivity contribution in [2.24, 2.45) is 0 Å². The summed E-state index contributed by atoms with van der Waals surface area (Å²) in [4.78, 5) is 0. The van der Waals surface area contributed by atoms with E-state index in [0.717, 1.165) is 19.6 Å². The van der Waals surface area contributed by atoms with Crippen molar-refractivity contribution in [2.75, 3.05) is 24.6 Å². The maximum absolute atomic E-state index is 5.54. The van der Waals surface area contributed by atoms with Crippen molar-refractivity contribution in [2.45, 2.75) is 25.9 Å². The summed E-state index contributed by atoms with van der Waals surface area (Å²) in [5.74, 6) is 0. The Balaban J connectivity index is 3.02. The van der Waals surface area contributed by atoms with Crippen LogP contribution >= 0.6 is 22.6 Å². The summed E-state index contributed by atoms with van der Waals surface area (Å²) >= 11 is 2.37. The normalized spacial score (nSPS) is 13.4. The smallest absolute Gasteiger partial charge is 0.0559 e. The first-order valence-corrected chi connectivity index (χ1v) is 5.66. The molecule has 2 nitrogen and oxygen atoms in total. The van der Waals surface area contributed by atoms with Gasteiger partial charge in [0.05, 0.1) is 6.10 Å². The average Bonchev–Trinajstić information content (AvgIpc) is 2.01. The van der Waals surface area contributed by atoms with Crippen molar-refractivity contribution >= 4 is 22.6 Å². The minimum Gasteiger partial charge on any atom is -0.378 e. The van der Waals surface area contributed by atoms with E-state index >= 15 is 0 Å². The molecule has 3 heteroatoms. The Morgan fingerprint density at radius 1 is 1.55 bits per heavy atom. The Morgan fingerprint density at radius 3 is 2.82 bits per heavy atom. The zero-order valence-corrected chi connectivity index (χ0v) is 9.56. The Labute approximate surface area is 83.2 Å². The van der Waals surface area contributed by atoms with Crippen LogP contribution in [0.25, 0.3) is 0 Å². The number of rotatable bonds is 7. The predicted molar refractivity (Wildman–Crippen MR) is 57.5 cm³/mol. The van der Waals surface area contributed by atoms with E-state index in [4.69, 9.17) is 4.74 Å². The van der Waals surface area contributed by atoms with Crippen molar-refractivity contribution in [1.82, 2.24) is 5.32 Å². The van der Waals surface area contributed by atoms with Gasteiger partial charge in [-0.1, -0.05) is 22.6 Å². The molecule has 0 aliphatic heterocycles. The highest BCUT2D eigenvalue weighted by molar-refractivity contribution is 14.1. The SMILES string of the molecule is CNCCC(C)OCCCI. The molecule has 0 radical (unpaired) electrons. The van der Waals surface area contributed by atoms with E-state index in [1.165, 1.54) is 10.8 Å². The van der Waals surface area contributed by atoms with E-state index in [-0.39, 0.29) is 0 Å². The van der Waals surface area contributed by atoms with Crippen molar-refractivity contribution in [1.29, 1.82) is 0 Å². The van der Waals surface area contributed by atoms with Gasteiger partial charge in [-0.2, -0.15) is 0 Å². The second kappa shape index (κ2) is 8.74. The summed E-state index contributed by atoms with van der Waals surface area (Å²) in [6.45, 7) is 4.09. The zero-order chi connectivity index (χ0) is 8.53. The van der Waals surface area contributed by atoms with E-state index in [1.807, 2.05) is 7.05 Å². The van der Waals surface area contributed by atoms with Crippen LogP contribution in [0.4, 0.5) is 0 Å². The lowest BCUT2D eigenvalue weighted by molar-refractivity contribution is 0.0621. The number of hydrogen-bond donors (Lipinski definition) is 1. The van der Waals surface area contributed by atoms with E-state index in [9.17, 15) is 0 Å². The molecule has 11 heavy (non-hydrogen) atoms. The van der Waals surface area contributed by atoms with Gasteiger partial charge in [0, 0.05) is 11.0 Å². The quantitative estimate of drug-likeness (QED) is 0.433. The molecule has 0 spiro atoms. The second-order valence-electron chi connectivity index (χ2n) is 2.62. The van der Waals surface area contributed by atoms with Crippen LogP contribution in [-0.2, 0) is 4.74 Å². The summed E-state index contributed by atoms with van der Waals surface area (Å²) in [7, 11) is 1.97. The zero-order valence-electron chi connectivity index (χ0n) is 7.40. The summed E-state index contributed by atoms with van der Waals surface area (Å²) in [6, 6.07) is 0. The van der Waals surface area contributed by atoms with Gasteiger partial charge in [-0.3, -0.25) is 0 Å². The average molecular weight is 271 g/mol. The van der Waals surface area contributed by atoms with Gasteiger partial charge in [-0.25, -0.2) is 0 Å². The standard InChI is InChI=1S/C8H18INO/c1-8(4-6-10-2)11-7-3-5-9/h8,10H,3-7H2,1-2H3. The van der Waals surface area contributed by atoms with Crippen LogP contribution in [0.15, 0.2) is 0 Å². The number of halogens is 1. The van der Waals surface area contributed by atoms with Crippen LogP contribution in [-0.4, -0.2) is 30.7 Å². The minimum atomic E-state index is 0.408. The summed E-state index contributed by atoms with van der Waals surface area (Å²) in [5, 5.41) is 3.11. The van der Waals surface area contributed by atoms with Crippen LogP contribution in [0.3, 0.4) is 0 Å². The molecule has 0 aliphatic carbocycles. The summed E-state index contributed by atoms with van der Waals surface area (Å²) < 4.78 is 6.73. The lowest BCUT2D eigenvalue weighted by atomic mass is 10.3. The largest absolute Gasteiger partial charge is 0.378 e. The molecule has 1 unspecified atom stereocenters. The molecule has 0 aromatic rings. The van der Waals surface area contributed by atoms with Crippen molar-refractivity contribution in [3.05, 3.63) is 0 Å². The van der Waals surface area contributed by atoms with Crippen molar-refractivity contribution in [3.8, 4) is 0 Å². The van der Waals surface area contributed by atoms with Crippen LogP contribution in [0, 0.1) is 0 Å². The third kappa shape index (κ3) is 8.56. The van der Waals surface area contributed by atoms with E-state index in [0.29, 0.717) is 6.10 Å². The highest BCUT2D eigenvalue weighted by atomic mass is 127. The Kier molecular flexibility index (Phi) is 9.26. The fourth-order valence-electron chi connectivity index (χ4n) is 0.770. The molecule has 68 valence electrons. The van der Waals surface area contributed by atoms with Crippen LogP contribution in [0.2, 0.25) is 0 Å². The predicted octanol–water partition coefficient (Wildman–Crippen LogP) is 1.83. The van der Waals surface area contributed by atoms with Crippen molar-refractivity contribution < 1.29 is 4.74 Å². The molecular formula is C8H18INO. The molecule has 0 bridgehead atoms. The Morgan fingerprint density at radius 2 is 2.27 bits per heavy atom.